The van der Waals surface area contributed by atoms with E-state index in [0.29, 0.717) is 5.88 Å². The third kappa shape index (κ3) is 2.66. The molecule has 0 aliphatic heterocycles. The maximum absolute atomic E-state index is 5.30. The molecule has 0 atom stereocenters. The molecule has 14 heavy (non-hydrogen) atoms. The fourth-order valence-electron chi connectivity index (χ4n) is 1.66. The second-order valence-corrected chi connectivity index (χ2v) is 3.66. The first-order valence-corrected chi connectivity index (χ1v) is 5.28. The van der Waals surface area contributed by atoms with Crippen molar-refractivity contribution < 1.29 is 4.74 Å². The lowest BCUT2D eigenvalue weighted by atomic mass is 10.1. The average Bonchev–Trinajstić information content (AvgIpc) is 2.14. The van der Waals surface area contributed by atoms with Crippen LogP contribution in [0.25, 0.3) is 0 Å². The summed E-state index contributed by atoms with van der Waals surface area (Å²) in [6, 6.07) is 4.28. The van der Waals surface area contributed by atoms with E-state index in [1.54, 1.807) is 7.11 Å². The van der Waals surface area contributed by atoms with Gasteiger partial charge in [-0.25, -0.2) is 0 Å². The summed E-state index contributed by atoms with van der Waals surface area (Å²) in [5.41, 5.74) is 3.64. The molecule has 3 heteroatoms. The Morgan fingerprint density at radius 3 is 2.29 bits per heavy atom. The molecule has 0 saturated carbocycles. The molecule has 78 valence electrons. The zero-order chi connectivity index (χ0) is 10.6. The molecule has 0 aliphatic rings. The van der Waals surface area contributed by atoms with Crippen LogP contribution in [0.2, 0.25) is 0 Å². The SMILES string of the molecule is COc1c(C)cc(CNCS)cc1C. The Kier molecular flexibility index (Phi) is 4.29. The zero-order valence-electron chi connectivity index (χ0n) is 8.92. The van der Waals surface area contributed by atoms with E-state index in [4.69, 9.17) is 4.74 Å². The Balaban J connectivity index is 2.90. The highest BCUT2D eigenvalue weighted by atomic mass is 32.1. The van der Waals surface area contributed by atoms with E-state index in [1.807, 2.05) is 0 Å². The van der Waals surface area contributed by atoms with E-state index in [1.165, 1.54) is 16.7 Å². The van der Waals surface area contributed by atoms with Crippen molar-refractivity contribution in [3.8, 4) is 5.75 Å². The van der Waals surface area contributed by atoms with Crippen molar-refractivity contribution in [1.82, 2.24) is 5.32 Å². The second-order valence-electron chi connectivity index (χ2n) is 3.35. The topological polar surface area (TPSA) is 21.3 Å². The lowest BCUT2D eigenvalue weighted by molar-refractivity contribution is 0.408. The van der Waals surface area contributed by atoms with Gasteiger partial charge in [0.05, 0.1) is 7.11 Å². The number of benzene rings is 1. The normalized spacial score (nSPS) is 10.3. The quantitative estimate of drug-likeness (QED) is 0.589. The van der Waals surface area contributed by atoms with Gasteiger partial charge >= 0.3 is 0 Å². The largest absolute Gasteiger partial charge is 0.496 e. The predicted octanol–water partition coefficient (Wildman–Crippen LogP) is 2.29. The summed E-state index contributed by atoms with van der Waals surface area (Å²) in [5.74, 6) is 1.68. The van der Waals surface area contributed by atoms with Gasteiger partial charge in [-0.15, -0.1) is 0 Å². The summed E-state index contributed by atoms with van der Waals surface area (Å²) in [5, 5.41) is 3.18. The molecule has 0 fully saturated rings. The standard InChI is InChI=1S/C11H17NOS/c1-8-4-10(6-12-7-14)5-9(2)11(8)13-3/h4-5,12,14H,6-7H2,1-3H3. The highest BCUT2D eigenvalue weighted by molar-refractivity contribution is 7.80. The maximum Gasteiger partial charge on any atom is 0.124 e. The van der Waals surface area contributed by atoms with Gasteiger partial charge in [-0.2, -0.15) is 12.6 Å². The Morgan fingerprint density at radius 2 is 1.86 bits per heavy atom. The van der Waals surface area contributed by atoms with Gasteiger partial charge in [-0.3, -0.25) is 0 Å². The van der Waals surface area contributed by atoms with Crippen molar-refractivity contribution in [2.24, 2.45) is 0 Å². The maximum atomic E-state index is 5.30. The summed E-state index contributed by atoms with van der Waals surface area (Å²) in [6.45, 7) is 4.99. The van der Waals surface area contributed by atoms with Crippen molar-refractivity contribution in [2.45, 2.75) is 20.4 Å². The molecule has 0 amide bonds. The van der Waals surface area contributed by atoms with Gasteiger partial charge in [0.2, 0.25) is 0 Å². The van der Waals surface area contributed by atoms with Crippen LogP contribution in [0.3, 0.4) is 0 Å². The van der Waals surface area contributed by atoms with E-state index >= 15 is 0 Å². The Morgan fingerprint density at radius 1 is 1.29 bits per heavy atom. The van der Waals surface area contributed by atoms with Crippen molar-refractivity contribution in [2.75, 3.05) is 13.0 Å². The summed E-state index contributed by atoms with van der Waals surface area (Å²) in [6.07, 6.45) is 0. The Bertz CT molecular complexity index is 289. The van der Waals surface area contributed by atoms with E-state index in [-0.39, 0.29) is 0 Å². The van der Waals surface area contributed by atoms with Crippen LogP contribution in [-0.2, 0) is 6.54 Å². The molecule has 2 nitrogen and oxygen atoms in total. The van der Waals surface area contributed by atoms with Crippen LogP contribution in [0.1, 0.15) is 16.7 Å². The molecule has 0 aliphatic carbocycles. The molecular formula is C11H17NOS. The fraction of sp³-hybridized carbons (Fsp3) is 0.455. The van der Waals surface area contributed by atoms with Gasteiger partial charge in [0.25, 0.3) is 0 Å². The molecule has 1 aromatic rings. The number of hydrogen-bond acceptors (Lipinski definition) is 3. The third-order valence-corrected chi connectivity index (χ3v) is 2.39. The van der Waals surface area contributed by atoms with Crippen LogP contribution >= 0.6 is 12.6 Å². The molecule has 0 aromatic heterocycles. The van der Waals surface area contributed by atoms with Crippen LogP contribution in [0.4, 0.5) is 0 Å². The van der Waals surface area contributed by atoms with Crippen LogP contribution in [-0.4, -0.2) is 13.0 Å². The summed E-state index contributed by atoms with van der Waals surface area (Å²) < 4.78 is 5.30. The van der Waals surface area contributed by atoms with E-state index in [9.17, 15) is 0 Å². The van der Waals surface area contributed by atoms with Gasteiger partial charge in [-0.1, -0.05) is 12.1 Å². The first-order valence-electron chi connectivity index (χ1n) is 4.64. The molecule has 0 unspecified atom stereocenters. The van der Waals surface area contributed by atoms with Gasteiger partial charge in [-0.05, 0) is 30.5 Å². The molecule has 0 spiro atoms. The first-order chi connectivity index (χ1) is 6.69. The van der Waals surface area contributed by atoms with E-state index in [2.05, 4.69) is 43.9 Å². The minimum Gasteiger partial charge on any atom is -0.496 e. The molecule has 0 bridgehead atoms. The minimum atomic E-state index is 0.699. The highest BCUT2D eigenvalue weighted by Gasteiger charge is 2.04. The number of methoxy groups -OCH3 is 1. The first kappa shape index (κ1) is 11.4. The van der Waals surface area contributed by atoms with E-state index < -0.39 is 0 Å². The lowest BCUT2D eigenvalue weighted by Crippen LogP contribution is -2.10. The van der Waals surface area contributed by atoms with Crippen molar-refractivity contribution in [3.05, 3.63) is 28.8 Å². The minimum absolute atomic E-state index is 0.699. The van der Waals surface area contributed by atoms with Crippen LogP contribution in [0, 0.1) is 13.8 Å². The number of nitrogens with one attached hydrogen (secondary N) is 1. The molecular weight excluding hydrogens is 194 g/mol. The second kappa shape index (κ2) is 5.27. The summed E-state index contributed by atoms with van der Waals surface area (Å²) in [4.78, 5) is 0. The molecule has 0 saturated heterocycles. The lowest BCUT2D eigenvalue weighted by Gasteiger charge is -2.11. The average molecular weight is 211 g/mol. The molecule has 1 N–H and O–H groups in total. The van der Waals surface area contributed by atoms with E-state index in [0.717, 1.165) is 12.3 Å². The van der Waals surface area contributed by atoms with Crippen molar-refractivity contribution in [3.63, 3.8) is 0 Å². The number of aryl methyl sites for hydroxylation is 2. The monoisotopic (exact) mass is 211 g/mol. The van der Waals surface area contributed by atoms with Gasteiger partial charge < -0.3 is 10.1 Å². The van der Waals surface area contributed by atoms with Crippen LogP contribution < -0.4 is 10.1 Å². The van der Waals surface area contributed by atoms with Crippen molar-refractivity contribution in [1.29, 1.82) is 0 Å². The van der Waals surface area contributed by atoms with Gasteiger partial charge in [0, 0.05) is 12.4 Å². The summed E-state index contributed by atoms with van der Waals surface area (Å²) >= 11 is 4.11. The van der Waals surface area contributed by atoms with Gasteiger partial charge in [0.15, 0.2) is 0 Å². The van der Waals surface area contributed by atoms with Crippen LogP contribution in [0.15, 0.2) is 12.1 Å². The summed E-state index contributed by atoms with van der Waals surface area (Å²) in [7, 11) is 1.71. The molecule has 0 heterocycles. The van der Waals surface area contributed by atoms with Crippen LogP contribution in [0.5, 0.6) is 5.75 Å². The zero-order valence-corrected chi connectivity index (χ0v) is 9.82. The number of thiol groups is 1. The fourth-order valence-corrected chi connectivity index (χ4v) is 1.78. The Hall–Kier alpha value is -0.670. The highest BCUT2D eigenvalue weighted by Crippen LogP contribution is 2.24. The number of rotatable bonds is 4. The molecule has 1 aromatic carbocycles. The van der Waals surface area contributed by atoms with Gasteiger partial charge in [0.1, 0.15) is 5.75 Å². The van der Waals surface area contributed by atoms with Crippen molar-refractivity contribution >= 4 is 12.6 Å². The number of ether oxygens (including phenoxy) is 1. The third-order valence-electron chi connectivity index (χ3n) is 2.17. The molecule has 1 rings (SSSR count). The molecule has 0 radical (unpaired) electrons. The number of hydrogen-bond donors (Lipinski definition) is 2. The smallest absolute Gasteiger partial charge is 0.124 e. The predicted molar refractivity (Wildman–Crippen MR) is 63.2 cm³/mol. The Labute approximate surface area is 91.1 Å².